The second-order valence-corrected chi connectivity index (χ2v) is 2.69. The highest BCUT2D eigenvalue weighted by molar-refractivity contribution is 6.30. The predicted molar refractivity (Wildman–Crippen MR) is 46.5 cm³/mol. The fourth-order valence-corrected chi connectivity index (χ4v) is 0.993. The van der Waals surface area contributed by atoms with Crippen molar-refractivity contribution in [3.63, 3.8) is 0 Å². The summed E-state index contributed by atoms with van der Waals surface area (Å²) in [5, 5.41) is 0.548. The normalized spacial score (nSPS) is 11.3. The third-order valence-corrected chi connectivity index (χ3v) is 1.52. The van der Waals surface area contributed by atoms with Crippen molar-refractivity contribution in [2.24, 2.45) is 0 Å². The van der Waals surface area contributed by atoms with E-state index in [0.29, 0.717) is 10.6 Å². The third kappa shape index (κ3) is 3.01. The Balaban J connectivity index is 2.76. The van der Waals surface area contributed by atoms with Crippen LogP contribution in [0, 0.1) is 0 Å². The van der Waals surface area contributed by atoms with Gasteiger partial charge in [0, 0.05) is 5.02 Å². The van der Waals surface area contributed by atoms with Crippen molar-refractivity contribution < 1.29 is 8.78 Å². The molecule has 0 fully saturated rings. The van der Waals surface area contributed by atoms with Crippen LogP contribution >= 0.6 is 11.6 Å². The molecule has 64 valence electrons. The van der Waals surface area contributed by atoms with E-state index in [-0.39, 0.29) is 0 Å². The first-order valence-corrected chi connectivity index (χ1v) is 3.78. The van der Waals surface area contributed by atoms with Gasteiger partial charge in [-0.2, -0.15) is 0 Å². The maximum Gasteiger partial charge on any atom is 0.257 e. The molecule has 0 saturated heterocycles. The van der Waals surface area contributed by atoms with Crippen LogP contribution in [-0.2, 0) is 0 Å². The summed E-state index contributed by atoms with van der Waals surface area (Å²) in [7, 11) is 0. The second-order valence-electron chi connectivity index (χ2n) is 2.25. The molecule has 1 aromatic rings. The summed E-state index contributed by atoms with van der Waals surface area (Å²) >= 11 is 5.64. The van der Waals surface area contributed by atoms with Crippen LogP contribution in [0.1, 0.15) is 5.56 Å². The van der Waals surface area contributed by atoms with Crippen LogP contribution in [0.25, 0.3) is 6.08 Å². The molecule has 0 aliphatic heterocycles. The molecule has 0 saturated carbocycles. The largest absolute Gasteiger partial charge is 0.257 e. The van der Waals surface area contributed by atoms with Gasteiger partial charge in [0.2, 0.25) is 0 Å². The van der Waals surface area contributed by atoms with Crippen molar-refractivity contribution in [1.29, 1.82) is 0 Å². The summed E-state index contributed by atoms with van der Waals surface area (Å²) in [6, 6.07) is 6.75. The van der Waals surface area contributed by atoms with Gasteiger partial charge in [0.1, 0.15) is 0 Å². The Bertz CT molecular complexity index is 282. The highest BCUT2D eigenvalue weighted by Gasteiger charge is 1.93. The first-order chi connectivity index (χ1) is 5.68. The lowest BCUT2D eigenvalue weighted by molar-refractivity contribution is 0.205. The summed E-state index contributed by atoms with van der Waals surface area (Å²) in [5.41, 5.74) is 0.683. The molecule has 0 unspecified atom stereocenters. The molecule has 0 aliphatic carbocycles. The number of hydrogen-bond acceptors (Lipinski definition) is 0. The summed E-state index contributed by atoms with van der Waals surface area (Å²) in [5.74, 6) is 0. The van der Waals surface area contributed by atoms with Gasteiger partial charge in [-0.1, -0.05) is 29.8 Å². The van der Waals surface area contributed by atoms with Crippen LogP contribution < -0.4 is 0 Å². The number of benzene rings is 1. The Morgan fingerprint density at radius 3 is 2.67 bits per heavy atom. The van der Waals surface area contributed by atoms with E-state index in [0.717, 1.165) is 6.08 Å². The van der Waals surface area contributed by atoms with E-state index in [1.54, 1.807) is 24.3 Å². The first kappa shape index (κ1) is 9.20. The minimum atomic E-state index is -2.41. The van der Waals surface area contributed by atoms with E-state index in [1.807, 2.05) is 0 Å². The van der Waals surface area contributed by atoms with Crippen molar-refractivity contribution in [2.75, 3.05) is 0 Å². The Morgan fingerprint density at radius 2 is 2.08 bits per heavy atom. The van der Waals surface area contributed by atoms with Gasteiger partial charge in [0.15, 0.2) is 0 Å². The molecule has 0 atom stereocenters. The minimum Gasteiger partial charge on any atom is -0.206 e. The molecule has 0 bridgehead atoms. The lowest BCUT2D eigenvalue weighted by Gasteiger charge is -1.93. The van der Waals surface area contributed by atoms with Gasteiger partial charge in [-0.15, -0.1) is 0 Å². The summed E-state index contributed by atoms with van der Waals surface area (Å²) < 4.78 is 23.4. The molecule has 0 aliphatic rings. The lowest BCUT2D eigenvalue weighted by atomic mass is 10.2. The Morgan fingerprint density at radius 1 is 1.33 bits per heavy atom. The molecule has 0 radical (unpaired) electrons. The van der Waals surface area contributed by atoms with Gasteiger partial charge >= 0.3 is 0 Å². The number of halogens is 3. The molecule has 0 amide bonds. The lowest BCUT2D eigenvalue weighted by Crippen LogP contribution is -1.80. The smallest absolute Gasteiger partial charge is 0.206 e. The van der Waals surface area contributed by atoms with Crippen molar-refractivity contribution in [3.05, 3.63) is 40.9 Å². The van der Waals surface area contributed by atoms with Gasteiger partial charge in [-0.3, -0.25) is 0 Å². The van der Waals surface area contributed by atoms with Gasteiger partial charge < -0.3 is 0 Å². The zero-order chi connectivity index (χ0) is 8.97. The monoisotopic (exact) mass is 188 g/mol. The highest BCUT2D eigenvalue weighted by atomic mass is 35.5. The van der Waals surface area contributed by atoms with E-state index >= 15 is 0 Å². The van der Waals surface area contributed by atoms with Crippen molar-refractivity contribution >= 4 is 17.7 Å². The van der Waals surface area contributed by atoms with Crippen LogP contribution in [0.15, 0.2) is 30.3 Å². The summed E-state index contributed by atoms with van der Waals surface area (Å²) in [6.07, 6.45) is -0.244. The van der Waals surface area contributed by atoms with Crippen LogP contribution in [0.5, 0.6) is 0 Å². The molecule has 0 N–H and O–H groups in total. The zero-order valence-electron chi connectivity index (χ0n) is 6.18. The highest BCUT2D eigenvalue weighted by Crippen LogP contribution is 2.12. The summed E-state index contributed by atoms with van der Waals surface area (Å²) in [6.45, 7) is 0. The molecule has 0 aromatic heterocycles. The molecule has 0 heterocycles. The maximum absolute atomic E-state index is 11.7. The van der Waals surface area contributed by atoms with E-state index in [2.05, 4.69) is 0 Å². The van der Waals surface area contributed by atoms with Crippen LogP contribution in [-0.4, -0.2) is 6.43 Å². The Kier molecular flexibility index (Phi) is 3.23. The predicted octanol–water partition coefficient (Wildman–Crippen LogP) is 3.62. The number of allylic oxidation sites excluding steroid dienone is 1. The van der Waals surface area contributed by atoms with E-state index in [9.17, 15) is 8.78 Å². The molecule has 0 spiro atoms. The Hall–Kier alpha value is -0.890. The van der Waals surface area contributed by atoms with E-state index in [4.69, 9.17) is 11.6 Å². The number of rotatable bonds is 2. The molecule has 3 heteroatoms. The maximum atomic E-state index is 11.7. The SMILES string of the molecule is FC(F)/C=C/c1cccc(Cl)c1. The fraction of sp³-hybridized carbons (Fsp3) is 0.111. The van der Waals surface area contributed by atoms with Crippen molar-refractivity contribution in [1.82, 2.24) is 0 Å². The number of alkyl halides is 2. The van der Waals surface area contributed by atoms with Gasteiger partial charge in [-0.25, -0.2) is 8.78 Å². The van der Waals surface area contributed by atoms with E-state index < -0.39 is 6.43 Å². The Labute approximate surface area is 74.5 Å². The van der Waals surface area contributed by atoms with Gasteiger partial charge in [0.25, 0.3) is 6.43 Å². The molecule has 1 aromatic carbocycles. The fourth-order valence-electron chi connectivity index (χ4n) is 0.794. The average molecular weight is 189 g/mol. The third-order valence-electron chi connectivity index (χ3n) is 1.28. The average Bonchev–Trinajstić information content (AvgIpc) is 2.01. The van der Waals surface area contributed by atoms with Crippen molar-refractivity contribution in [3.8, 4) is 0 Å². The van der Waals surface area contributed by atoms with Gasteiger partial charge in [0.05, 0.1) is 0 Å². The molecule has 1 rings (SSSR count). The molecule has 0 nitrogen and oxygen atoms in total. The summed E-state index contributed by atoms with van der Waals surface area (Å²) in [4.78, 5) is 0. The van der Waals surface area contributed by atoms with Gasteiger partial charge in [-0.05, 0) is 23.8 Å². The number of hydrogen-bond donors (Lipinski definition) is 0. The molecular weight excluding hydrogens is 182 g/mol. The topological polar surface area (TPSA) is 0 Å². The second kappa shape index (κ2) is 4.21. The van der Waals surface area contributed by atoms with Crippen LogP contribution in [0.3, 0.4) is 0 Å². The van der Waals surface area contributed by atoms with Crippen LogP contribution in [0.2, 0.25) is 5.02 Å². The molecule has 12 heavy (non-hydrogen) atoms. The minimum absolute atomic E-state index is 0.548. The van der Waals surface area contributed by atoms with Crippen LogP contribution in [0.4, 0.5) is 8.78 Å². The van der Waals surface area contributed by atoms with Crippen molar-refractivity contribution in [2.45, 2.75) is 6.43 Å². The van der Waals surface area contributed by atoms with E-state index in [1.165, 1.54) is 6.08 Å². The standard InChI is InChI=1S/C9H7ClF2/c10-8-3-1-2-7(6-8)4-5-9(11)12/h1-6,9H/b5-4+. The molecular formula is C9H7ClF2. The zero-order valence-corrected chi connectivity index (χ0v) is 6.93. The quantitative estimate of drug-likeness (QED) is 0.665. The first-order valence-electron chi connectivity index (χ1n) is 3.40.